The van der Waals surface area contributed by atoms with Gasteiger partial charge in [-0.25, -0.2) is 4.98 Å². The van der Waals surface area contributed by atoms with Crippen molar-refractivity contribution in [2.24, 2.45) is 0 Å². The molecule has 1 aromatic rings. The fourth-order valence-corrected chi connectivity index (χ4v) is 1.56. The van der Waals surface area contributed by atoms with Gasteiger partial charge in [0.25, 0.3) is 0 Å². The second-order valence-electron chi connectivity index (χ2n) is 4.85. The fraction of sp³-hybridized carbons (Fsp3) is 0.786. The molecule has 1 atom stereocenters. The van der Waals surface area contributed by atoms with Gasteiger partial charge in [-0.3, -0.25) is 0 Å². The molecule has 116 valence electrons. The maximum absolute atomic E-state index is 9.71. The molecule has 0 aliphatic rings. The van der Waals surface area contributed by atoms with Crippen LogP contribution in [0.1, 0.15) is 32.4 Å². The van der Waals surface area contributed by atoms with E-state index in [1.807, 2.05) is 20.8 Å². The van der Waals surface area contributed by atoms with Crippen LogP contribution in [0.25, 0.3) is 0 Å². The molecule has 0 saturated carbocycles. The summed E-state index contributed by atoms with van der Waals surface area (Å²) in [4.78, 5) is 4.13. The monoisotopic (exact) mass is 286 g/mol. The molecule has 1 heterocycles. The van der Waals surface area contributed by atoms with Crippen LogP contribution in [0.3, 0.4) is 0 Å². The van der Waals surface area contributed by atoms with Gasteiger partial charge < -0.3 is 24.3 Å². The molecule has 0 aliphatic carbocycles. The van der Waals surface area contributed by atoms with E-state index in [-0.39, 0.29) is 6.10 Å². The Bertz CT molecular complexity index is 355. The van der Waals surface area contributed by atoms with Crippen LogP contribution in [0.2, 0.25) is 0 Å². The average molecular weight is 286 g/mol. The van der Waals surface area contributed by atoms with Crippen molar-refractivity contribution in [3.63, 3.8) is 0 Å². The summed E-state index contributed by atoms with van der Waals surface area (Å²) >= 11 is 0. The van der Waals surface area contributed by atoms with Crippen LogP contribution in [0.15, 0.2) is 10.6 Å². The highest BCUT2D eigenvalue weighted by molar-refractivity contribution is 4.93. The molecule has 1 unspecified atom stereocenters. The summed E-state index contributed by atoms with van der Waals surface area (Å²) in [5.41, 5.74) is 0. The molecule has 0 amide bonds. The Morgan fingerprint density at radius 3 is 2.85 bits per heavy atom. The first-order chi connectivity index (χ1) is 9.61. The number of hydrogen-bond acceptors (Lipinski definition) is 6. The Morgan fingerprint density at radius 1 is 1.40 bits per heavy atom. The second kappa shape index (κ2) is 9.88. The second-order valence-corrected chi connectivity index (χ2v) is 4.85. The third kappa shape index (κ3) is 7.59. The van der Waals surface area contributed by atoms with Crippen molar-refractivity contribution in [1.29, 1.82) is 0 Å². The Labute approximate surface area is 120 Å². The number of aliphatic hydroxyl groups excluding tert-OH is 1. The molecule has 6 nitrogen and oxygen atoms in total. The van der Waals surface area contributed by atoms with Gasteiger partial charge in [-0.1, -0.05) is 6.92 Å². The van der Waals surface area contributed by atoms with E-state index in [4.69, 9.17) is 13.9 Å². The minimum atomic E-state index is -0.547. The van der Waals surface area contributed by atoms with Crippen LogP contribution in [0, 0.1) is 0 Å². The van der Waals surface area contributed by atoms with Gasteiger partial charge in [0.1, 0.15) is 5.76 Å². The third-order valence-corrected chi connectivity index (χ3v) is 2.60. The lowest BCUT2D eigenvalue weighted by Crippen LogP contribution is -2.30. The van der Waals surface area contributed by atoms with Crippen molar-refractivity contribution in [3.05, 3.63) is 17.8 Å². The Morgan fingerprint density at radius 2 is 2.20 bits per heavy atom. The summed E-state index contributed by atoms with van der Waals surface area (Å²) in [7, 11) is 0. The number of aromatic nitrogens is 1. The molecule has 0 radical (unpaired) electrons. The van der Waals surface area contributed by atoms with Crippen LogP contribution in [-0.4, -0.2) is 48.7 Å². The van der Waals surface area contributed by atoms with Gasteiger partial charge in [0.15, 0.2) is 0 Å². The highest BCUT2D eigenvalue weighted by atomic mass is 16.5. The van der Waals surface area contributed by atoms with E-state index in [1.165, 1.54) is 0 Å². The molecule has 0 spiro atoms. The van der Waals surface area contributed by atoms with E-state index in [2.05, 4.69) is 10.3 Å². The molecule has 2 N–H and O–H groups in total. The molecule has 0 bridgehead atoms. The van der Waals surface area contributed by atoms with Crippen molar-refractivity contribution in [1.82, 2.24) is 10.3 Å². The molecule has 0 aromatic carbocycles. The summed E-state index contributed by atoms with van der Waals surface area (Å²) in [6.07, 6.45) is 2.22. The number of hydrogen-bond donors (Lipinski definition) is 2. The minimum Gasteiger partial charge on any atom is -0.444 e. The lowest BCUT2D eigenvalue weighted by Gasteiger charge is -2.12. The number of ether oxygens (including phenoxy) is 2. The molecule has 20 heavy (non-hydrogen) atoms. The highest BCUT2D eigenvalue weighted by Gasteiger charge is 2.06. The minimum absolute atomic E-state index is 0.207. The maximum Gasteiger partial charge on any atom is 0.208 e. The molecule has 1 aromatic heterocycles. The van der Waals surface area contributed by atoms with E-state index < -0.39 is 6.10 Å². The number of aryl methyl sites for hydroxylation is 1. The molecule has 6 heteroatoms. The summed E-state index contributed by atoms with van der Waals surface area (Å²) in [5, 5.41) is 12.8. The van der Waals surface area contributed by atoms with E-state index in [0.717, 1.165) is 12.2 Å². The normalized spacial score (nSPS) is 13.1. The Hall–Kier alpha value is -0.950. The molecule has 0 fully saturated rings. The highest BCUT2D eigenvalue weighted by Crippen LogP contribution is 2.03. The van der Waals surface area contributed by atoms with Crippen LogP contribution < -0.4 is 5.32 Å². The number of oxazole rings is 1. The SMILES string of the molecule is CCc1cnc(CNCC(O)COCCOC(C)C)o1. The lowest BCUT2D eigenvalue weighted by atomic mass is 10.4. The topological polar surface area (TPSA) is 76.8 Å². The standard InChI is InChI=1S/C14H26N2O4/c1-4-13-8-16-14(20-13)9-15-7-12(17)10-18-5-6-19-11(2)3/h8,11-12,15,17H,4-7,9-10H2,1-3H3. The van der Waals surface area contributed by atoms with Crippen molar-refractivity contribution >= 4 is 0 Å². The maximum atomic E-state index is 9.71. The van der Waals surface area contributed by atoms with E-state index in [9.17, 15) is 5.11 Å². The summed E-state index contributed by atoms with van der Waals surface area (Å²) < 4.78 is 16.1. The zero-order valence-electron chi connectivity index (χ0n) is 12.6. The van der Waals surface area contributed by atoms with Gasteiger partial charge in [-0.05, 0) is 13.8 Å². The summed E-state index contributed by atoms with van der Waals surface area (Å²) in [6, 6.07) is 0. The number of nitrogens with one attached hydrogen (secondary N) is 1. The van der Waals surface area contributed by atoms with Crippen LogP contribution in [0.5, 0.6) is 0 Å². The molecular formula is C14H26N2O4. The number of aliphatic hydroxyl groups is 1. The summed E-state index contributed by atoms with van der Waals surface area (Å²) in [5.74, 6) is 1.51. The van der Waals surface area contributed by atoms with Gasteiger partial charge >= 0.3 is 0 Å². The third-order valence-electron chi connectivity index (χ3n) is 2.60. The Balaban J connectivity index is 2.01. The average Bonchev–Trinajstić information content (AvgIpc) is 2.86. The van der Waals surface area contributed by atoms with Crippen molar-refractivity contribution < 1.29 is 19.0 Å². The van der Waals surface area contributed by atoms with Gasteiger partial charge in [0.2, 0.25) is 5.89 Å². The summed E-state index contributed by atoms with van der Waals surface area (Å²) in [6.45, 7) is 8.25. The van der Waals surface area contributed by atoms with Crippen LogP contribution in [-0.2, 0) is 22.4 Å². The predicted octanol–water partition coefficient (Wildman–Crippen LogP) is 1.13. The van der Waals surface area contributed by atoms with Gasteiger partial charge in [0.05, 0.1) is 44.8 Å². The smallest absolute Gasteiger partial charge is 0.208 e. The first-order valence-electron chi connectivity index (χ1n) is 7.13. The van der Waals surface area contributed by atoms with Gasteiger partial charge in [-0.15, -0.1) is 0 Å². The van der Waals surface area contributed by atoms with Gasteiger partial charge in [0, 0.05) is 13.0 Å². The molecular weight excluding hydrogens is 260 g/mol. The zero-order valence-corrected chi connectivity index (χ0v) is 12.6. The first kappa shape index (κ1) is 17.1. The quantitative estimate of drug-likeness (QED) is 0.594. The fourth-order valence-electron chi connectivity index (χ4n) is 1.56. The first-order valence-corrected chi connectivity index (χ1v) is 7.13. The number of nitrogens with zero attached hydrogens (tertiary/aromatic N) is 1. The van der Waals surface area contributed by atoms with Crippen molar-refractivity contribution in [3.8, 4) is 0 Å². The molecule has 0 saturated heterocycles. The van der Waals surface area contributed by atoms with Crippen molar-refractivity contribution in [2.45, 2.75) is 45.9 Å². The van der Waals surface area contributed by atoms with E-state index in [0.29, 0.717) is 38.8 Å². The van der Waals surface area contributed by atoms with E-state index >= 15 is 0 Å². The van der Waals surface area contributed by atoms with E-state index in [1.54, 1.807) is 6.20 Å². The zero-order chi connectivity index (χ0) is 14.8. The van der Waals surface area contributed by atoms with Gasteiger partial charge in [-0.2, -0.15) is 0 Å². The van der Waals surface area contributed by atoms with Crippen molar-refractivity contribution in [2.75, 3.05) is 26.4 Å². The van der Waals surface area contributed by atoms with Crippen LogP contribution in [0.4, 0.5) is 0 Å². The lowest BCUT2D eigenvalue weighted by molar-refractivity contribution is -0.0101. The molecule has 1 rings (SSSR count). The largest absolute Gasteiger partial charge is 0.444 e. The molecule has 0 aliphatic heterocycles. The van der Waals surface area contributed by atoms with Crippen LogP contribution >= 0.6 is 0 Å². The Kier molecular flexibility index (Phi) is 8.45. The number of rotatable bonds is 11. The predicted molar refractivity (Wildman–Crippen MR) is 75.5 cm³/mol.